The minimum absolute atomic E-state index is 0.132. The quantitative estimate of drug-likeness (QED) is 0.0656. The van der Waals surface area contributed by atoms with E-state index < -0.39 is 12.6 Å². The summed E-state index contributed by atoms with van der Waals surface area (Å²) in [6.07, 6.45) is 25.9. The molecule has 2 aromatic carbocycles. The maximum atomic E-state index is 6.97. The molecule has 4 atom stereocenters. The number of unbranched alkanes of at least 4 members (excludes halogenated alkanes) is 8. The SMILES string of the molecule is CCCCC(C)(CCCC)c1cc(C)c2c(c1)C1Oc3c(C)cc(C(CCC[N+](CCCC)(CCCC)CCCC)CC(C)C[N+](CCCC)(CCCC)CCCC)cc3C(O2)O1. The molecule has 0 N–H and O–H groups in total. The normalized spacial score (nSPS) is 17.2. The minimum Gasteiger partial charge on any atom is -0.459 e. The smallest absolute Gasteiger partial charge is 0.233 e. The molecule has 360 valence electrons. The molecule has 4 rings (SSSR count). The minimum atomic E-state index is -0.456. The van der Waals surface area contributed by atoms with Crippen LogP contribution in [0.4, 0.5) is 0 Å². The summed E-state index contributed by atoms with van der Waals surface area (Å²) in [5, 5.41) is 0. The molecule has 0 amide bonds. The van der Waals surface area contributed by atoms with E-state index in [0.717, 1.165) is 22.6 Å². The van der Waals surface area contributed by atoms with E-state index in [0.29, 0.717) is 11.8 Å². The summed E-state index contributed by atoms with van der Waals surface area (Å²) in [5.74, 6) is 3.07. The van der Waals surface area contributed by atoms with Crippen LogP contribution in [-0.4, -0.2) is 61.3 Å². The van der Waals surface area contributed by atoms with Gasteiger partial charge in [-0.1, -0.05) is 146 Å². The van der Waals surface area contributed by atoms with E-state index in [1.807, 2.05) is 0 Å². The molecule has 0 aromatic heterocycles. The molecule has 2 aliphatic heterocycles. The van der Waals surface area contributed by atoms with Crippen LogP contribution in [0.25, 0.3) is 0 Å². The Hall–Kier alpha value is -2.08. The van der Waals surface area contributed by atoms with E-state index in [9.17, 15) is 0 Å². The third-order valence-electron chi connectivity index (χ3n) is 15.7. The molecule has 0 saturated carbocycles. The average molecular weight is 875 g/mol. The summed E-state index contributed by atoms with van der Waals surface area (Å²) in [6, 6.07) is 9.77. The molecule has 0 spiro atoms. The largest absolute Gasteiger partial charge is 0.459 e. The first kappa shape index (κ1) is 53.5. The van der Waals surface area contributed by atoms with E-state index in [-0.39, 0.29) is 5.41 Å². The van der Waals surface area contributed by atoms with E-state index in [1.165, 1.54) is 218 Å². The van der Waals surface area contributed by atoms with Crippen molar-refractivity contribution in [1.82, 2.24) is 0 Å². The second kappa shape index (κ2) is 26.9. The van der Waals surface area contributed by atoms with E-state index >= 15 is 0 Å². The predicted octanol–water partition coefficient (Wildman–Crippen LogP) is 16.8. The Morgan fingerprint density at radius 3 is 1.40 bits per heavy atom. The standard InChI is InChI=1S/C58H102N2O3/c1-13-21-31-58(12,32-22-14-2)51-42-48(11)55-53(44-51)57-61-54-47(10)41-50(43-52(54)56(62-55)63-57)49(30-29-39-59(33-23-15-3,34-24-16-4)35-25-17-5)40-46(9)45-60(36-26-18-6,37-27-19-7)38-28-20-8/h41-44,46,49,56-57H,13-40,45H2,1-12H3/q+2. The molecule has 0 radical (unpaired) electrons. The molecule has 2 bridgehead atoms. The van der Waals surface area contributed by atoms with Gasteiger partial charge in [-0.25, -0.2) is 0 Å². The van der Waals surface area contributed by atoms with Crippen LogP contribution in [0.3, 0.4) is 0 Å². The predicted molar refractivity (Wildman–Crippen MR) is 271 cm³/mol. The van der Waals surface area contributed by atoms with Gasteiger partial charge < -0.3 is 18.4 Å². The van der Waals surface area contributed by atoms with Crippen molar-refractivity contribution in [2.45, 2.75) is 242 Å². The number of aryl methyl sites for hydroxylation is 2. The number of hydrogen-bond acceptors (Lipinski definition) is 3. The molecule has 0 fully saturated rings. The van der Waals surface area contributed by atoms with E-state index in [4.69, 9.17) is 14.2 Å². The van der Waals surface area contributed by atoms with Crippen LogP contribution in [0.2, 0.25) is 0 Å². The molecule has 63 heavy (non-hydrogen) atoms. The van der Waals surface area contributed by atoms with Gasteiger partial charge in [-0.05, 0) is 130 Å². The molecule has 2 aromatic rings. The fourth-order valence-electron chi connectivity index (χ4n) is 11.6. The topological polar surface area (TPSA) is 27.7 Å². The Morgan fingerprint density at radius 1 is 0.524 bits per heavy atom. The maximum absolute atomic E-state index is 6.97. The fourth-order valence-corrected chi connectivity index (χ4v) is 11.6. The summed E-state index contributed by atoms with van der Waals surface area (Å²) >= 11 is 0. The third kappa shape index (κ3) is 15.0. The van der Waals surface area contributed by atoms with Gasteiger partial charge >= 0.3 is 0 Å². The molecule has 2 heterocycles. The molecule has 5 heteroatoms. The van der Waals surface area contributed by atoms with Crippen molar-refractivity contribution < 1.29 is 23.2 Å². The summed E-state index contributed by atoms with van der Waals surface area (Å²) < 4.78 is 23.4. The van der Waals surface area contributed by atoms with Gasteiger partial charge in [0.25, 0.3) is 0 Å². The van der Waals surface area contributed by atoms with Gasteiger partial charge in [0.05, 0.1) is 63.5 Å². The van der Waals surface area contributed by atoms with Crippen molar-refractivity contribution in [3.63, 3.8) is 0 Å². The van der Waals surface area contributed by atoms with Gasteiger partial charge in [0.2, 0.25) is 12.6 Å². The molecule has 2 aliphatic rings. The van der Waals surface area contributed by atoms with Crippen molar-refractivity contribution >= 4 is 0 Å². The van der Waals surface area contributed by atoms with Crippen LogP contribution in [0.15, 0.2) is 24.3 Å². The van der Waals surface area contributed by atoms with Crippen molar-refractivity contribution in [3.8, 4) is 11.5 Å². The number of ether oxygens (including phenoxy) is 3. The molecular weight excluding hydrogens is 773 g/mol. The van der Waals surface area contributed by atoms with Crippen LogP contribution < -0.4 is 9.47 Å². The number of fused-ring (bicyclic) bond motifs is 6. The van der Waals surface area contributed by atoms with Gasteiger partial charge in [-0.15, -0.1) is 0 Å². The molecule has 5 nitrogen and oxygen atoms in total. The zero-order valence-corrected chi connectivity index (χ0v) is 43.7. The highest BCUT2D eigenvalue weighted by atomic mass is 16.8. The van der Waals surface area contributed by atoms with Crippen molar-refractivity contribution in [2.24, 2.45) is 5.92 Å². The highest BCUT2D eigenvalue weighted by Gasteiger charge is 2.41. The fraction of sp³-hybridized carbons (Fsp3) is 0.793. The first-order valence-electron chi connectivity index (χ1n) is 27.4. The Labute approximate surface area is 391 Å². The molecule has 0 saturated heterocycles. The second-order valence-corrected chi connectivity index (χ2v) is 21.5. The Kier molecular flexibility index (Phi) is 22.9. The van der Waals surface area contributed by atoms with Crippen LogP contribution in [0.5, 0.6) is 11.5 Å². The van der Waals surface area contributed by atoms with Crippen molar-refractivity contribution in [1.29, 1.82) is 0 Å². The van der Waals surface area contributed by atoms with Gasteiger partial charge in [-0.3, -0.25) is 4.74 Å². The summed E-state index contributed by atoms with van der Waals surface area (Å²) in [5.41, 5.74) is 7.59. The first-order chi connectivity index (χ1) is 30.4. The molecule has 4 unspecified atom stereocenters. The number of rotatable bonds is 34. The zero-order valence-electron chi connectivity index (χ0n) is 43.7. The van der Waals surface area contributed by atoms with E-state index in [2.05, 4.69) is 107 Å². The van der Waals surface area contributed by atoms with Crippen LogP contribution in [-0.2, 0) is 10.2 Å². The van der Waals surface area contributed by atoms with Crippen molar-refractivity contribution in [2.75, 3.05) is 52.4 Å². The lowest BCUT2D eigenvalue weighted by atomic mass is 9.73. The zero-order chi connectivity index (χ0) is 45.9. The monoisotopic (exact) mass is 875 g/mol. The van der Waals surface area contributed by atoms with Crippen LogP contribution >= 0.6 is 0 Å². The number of hydrogen-bond donors (Lipinski definition) is 0. The number of quaternary nitrogens is 2. The lowest BCUT2D eigenvalue weighted by molar-refractivity contribution is -0.931. The van der Waals surface area contributed by atoms with Crippen molar-refractivity contribution in [3.05, 3.63) is 57.6 Å². The Morgan fingerprint density at radius 2 is 0.937 bits per heavy atom. The Bertz CT molecular complexity index is 1550. The second-order valence-electron chi connectivity index (χ2n) is 21.5. The highest BCUT2D eigenvalue weighted by Crippen LogP contribution is 2.52. The lowest BCUT2D eigenvalue weighted by Gasteiger charge is -2.42. The van der Waals surface area contributed by atoms with Gasteiger partial charge in [-0.2, -0.15) is 0 Å². The summed E-state index contributed by atoms with van der Waals surface area (Å²) in [7, 11) is 0. The highest BCUT2D eigenvalue weighted by molar-refractivity contribution is 5.53. The van der Waals surface area contributed by atoms with Crippen LogP contribution in [0, 0.1) is 19.8 Å². The van der Waals surface area contributed by atoms with Crippen LogP contribution in [0.1, 0.15) is 256 Å². The maximum Gasteiger partial charge on any atom is 0.233 e. The van der Waals surface area contributed by atoms with Gasteiger partial charge in [0.1, 0.15) is 11.5 Å². The third-order valence-corrected chi connectivity index (χ3v) is 15.7. The van der Waals surface area contributed by atoms with E-state index in [1.54, 1.807) is 0 Å². The summed E-state index contributed by atoms with van der Waals surface area (Å²) in [4.78, 5) is 0. The van der Waals surface area contributed by atoms with Gasteiger partial charge in [0, 0.05) is 5.92 Å². The Balaban J connectivity index is 1.71. The number of benzene rings is 2. The first-order valence-corrected chi connectivity index (χ1v) is 27.4. The molecular formula is C58H102N2O3+2. The van der Waals surface area contributed by atoms with Gasteiger partial charge in [0.15, 0.2) is 0 Å². The number of nitrogens with zero attached hydrogens (tertiary/aromatic N) is 2. The summed E-state index contributed by atoms with van der Waals surface area (Å²) in [6.45, 7) is 39.2. The molecule has 0 aliphatic carbocycles. The average Bonchev–Trinajstić information content (AvgIpc) is 3.28. The lowest BCUT2D eigenvalue weighted by Crippen LogP contribution is -2.52.